The third kappa shape index (κ3) is 6.88. The first-order chi connectivity index (χ1) is 15.9. The summed E-state index contributed by atoms with van der Waals surface area (Å²) in [5, 5.41) is 5.44. The molecule has 1 aromatic heterocycles. The first-order valence-corrected chi connectivity index (χ1v) is 11.9. The third-order valence-electron chi connectivity index (χ3n) is 4.85. The lowest BCUT2D eigenvalue weighted by Gasteiger charge is -2.14. The normalized spacial score (nSPS) is 10.5. The summed E-state index contributed by atoms with van der Waals surface area (Å²) in [6, 6.07) is 14.9. The minimum absolute atomic E-state index is 0.201. The number of carbonyl (C=O) groups excluding carboxylic acids is 2. The number of sulfone groups is 1. The molecule has 2 aromatic carbocycles. The van der Waals surface area contributed by atoms with E-state index in [1.165, 1.54) is 12.1 Å². The topological polar surface area (TPSA) is 131 Å². The van der Waals surface area contributed by atoms with Crippen LogP contribution in [0.4, 0.5) is 10.5 Å². The molecule has 0 saturated heterocycles. The van der Waals surface area contributed by atoms with Crippen LogP contribution in [0.3, 0.4) is 0 Å². The highest BCUT2D eigenvalue weighted by molar-refractivity contribution is 7.91. The third-order valence-corrected chi connectivity index (χ3v) is 6.71. The zero-order chi connectivity index (χ0) is 24.3. The van der Waals surface area contributed by atoms with Gasteiger partial charge in [0.05, 0.1) is 9.79 Å². The maximum absolute atomic E-state index is 13.2. The number of hydrogen-bond donors (Lipinski definition) is 3. The molecule has 0 aliphatic rings. The second-order valence-electron chi connectivity index (χ2n) is 6.93. The number of nitrogens with two attached hydrogens (primary N) is 1. The van der Waals surface area contributed by atoms with Gasteiger partial charge in [0.1, 0.15) is 0 Å². The van der Waals surface area contributed by atoms with Gasteiger partial charge in [0.25, 0.3) is 0 Å². The Balaban J connectivity index is 0.00000122. The molecule has 9 heteroatoms. The largest absolute Gasteiger partial charge is 0.372 e. The van der Waals surface area contributed by atoms with Crippen LogP contribution in [0, 0.1) is 0 Å². The highest BCUT2D eigenvalue weighted by Gasteiger charge is 2.22. The predicted molar refractivity (Wildman–Crippen MR) is 127 cm³/mol. The van der Waals surface area contributed by atoms with Crippen LogP contribution in [0.15, 0.2) is 76.8 Å². The van der Waals surface area contributed by atoms with Crippen LogP contribution in [0.25, 0.3) is 0 Å². The second kappa shape index (κ2) is 12.4. The van der Waals surface area contributed by atoms with Crippen molar-refractivity contribution >= 4 is 28.0 Å². The summed E-state index contributed by atoms with van der Waals surface area (Å²) in [4.78, 5) is 25.2. The zero-order valence-corrected chi connectivity index (χ0v) is 19.4. The molecule has 0 atom stereocenters. The van der Waals surface area contributed by atoms with Crippen molar-refractivity contribution in [2.45, 2.75) is 43.0 Å². The number of primary amides is 1. The molecule has 0 bridgehead atoms. The number of aryl methyl sites for hydroxylation is 1. The van der Waals surface area contributed by atoms with Crippen molar-refractivity contribution in [3.05, 3.63) is 83.7 Å². The maximum atomic E-state index is 13.2. The van der Waals surface area contributed by atoms with Crippen molar-refractivity contribution in [3.8, 4) is 0 Å². The number of benzene rings is 2. The lowest BCUT2D eigenvalue weighted by atomic mass is 10.0. The van der Waals surface area contributed by atoms with E-state index in [0.717, 1.165) is 23.1 Å². The van der Waals surface area contributed by atoms with Crippen LogP contribution in [0.2, 0.25) is 0 Å². The van der Waals surface area contributed by atoms with E-state index in [-0.39, 0.29) is 17.3 Å². The van der Waals surface area contributed by atoms with E-state index in [0.29, 0.717) is 23.5 Å². The van der Waals surface area contributed by atoms with Crippen molar-refractivity contribution in [1.82, 2.24) is 10.3 Å². The average molecular weight is 469 g/mol. The molecule has 3 aromatic rings. The van der Waals surface area contributed by atoms with Gasteiger partial charge in [-0.05, 0) is 65.9 Å². The molecular weight excluding hydrogens is 440 g/mol. The number of pyridine rings is 1. The summed E-state index contributed by atoms with van der Waals surface area (Å²) in [5.41, 5.74) is 7.46. The lowest BCUT2D eigenvalue weighted by Crippen LogP contribution is -2.28. The molecule has 33 heavy (non-hydrogen) atoms. The number of amides is 3. The number of hydrogen-bond acceptors (Lipinski definition) is 5. The number of rotatable bonds is 7. The SMILES string of the molecule is CCc1cccc(S(=O)(=O)c2ccc(NC(=O)NCc3cccnc3)cc2)c1CC.NC=O. The van der Waals surface area contributed by atoms with E-state index < -0.39 is 9.84 Å². The number of urea groups is 1. The fraction of sp³-hybridized carbons (Fsp3) is 0.208. The van der Waals surface area contributed by atoms with Crippen molar-refractivity contribution < 1.29 is 18.0 Å². The van der Waals surface area contributed by atoms with Crippen LogP contribution in [0.5, 0.6) is 0 Å². The molecule has 0 unspecified atom stereocenters. The van der Waals surface area contributed by atoms with E-state index in [1.807, 2.05) is 26.0 Å². The van der Waals surface area contributed by atoms with E-state index in [4.69, 9.17) is 4.79 Å². The second-order valence-corrected chi connectivity index (χ2v) is 8.85. The van der Waals surface area contributed by atoms with E-state index in [2.05, 4.69) is 21.4 Å². The Morgan fingerprint density at radius 3 is 2.30 bits per heavy atom. The average Bonchev–Trinajstić information content (AvgIpc) is 2.83. The van der Waals surface area contributed by atoms with Gasteiger partial charge in [-0.2, -0.15) is 0 Å². The molecule has 3 amide bonds. The summed E-state index contributed by atoms with van der Waals surface area (Å²) < 4.78 is 26.3. The summed E-state index contributed by atoms with van der Waals surface area (Å²) >= 11 is 0. The molecule has 1 heterocycles. The lowest BCUT2D eigenvalue weighted by molar-refractivity contribution is -0.106. The van der Waals surface area contributed by atoms with Crippen LogP contribution in [-0.2, 0) is 34.0 Å². The molecular formula is C24H28N4O4S. The van der Waals surface area contributed by atoms with Gasteiger partial charge in [-0.15, -0.1) is 0 Å². The Bertz CT molecular complexity index is 1160. The van der Waals surface area contributed by atoms with Crippen molar-refractivity contribution in [1.29, 1.82) is 0 Å². The van der Waals surface area contributed by atoms with Crippen LogP contribution >= 0.6 is 0 Å². The summed E-state index contributed by atoms with van der Waals surface area (Å²) in [6.45, 7) is 4.33. The van der Waals surface area contributed by atoms with Gasteiger partial charge in [-0.1, -0.05) is 32.0 Å². The van der Waals surface area contributed by atoms with E-state index in [9.17, 15) is 13.2 Å². The molecule has 8 nitrogen and oxygen atoms in total. The first kappa shape index (κ1) is 25.5. The van der Waals surface area contributed by atoms with E-state index >= 15 is 0 Å². The van der Waals surface area contributed by atoms with Crippen molar-refractivity contribution in [3.63, 3.8) is 0 Å². The van der Waals surface area contributed by atoms with Crippen LogP contribution in [0.1, 0.15) is 30.5 Å². The quantitative estimate of drug-likeness (QED) is 0.457. The molecule has 3 rings (SSSR count). The molecule has 0 saturated carbocycles. The van der Waals surface area contributed by atoms with E-state index in [1.54, 1.807) is 42.7 Å². The number of nitrogens with zero attached hydrogens (tertiary/aromatic N) is 1. The molecule has 0 spiro atoms. The Labute approximate surface area is 194 Å². The van der Waals surface area contributed by atoms with Gasteiger partial charge in [-0.3, -0.25) is 9.78 Å². The molecule has 4 N–H and O–H groups in total. The smallest absolute Gasteiger partial charge is 0.319 e. The standard InChI is InChI=1S/C23H25N3O3S.CH3NO/c1-3-18-8-5-9-22(21(18)4-2)30(28,29)20-12-10-19(11-13-20)26-23(27)25-16-17-7-6-14-24-15-17;2-1-3/h5-15H,3-4,16H2,1-2H3,(H2,25,26,27);1H,(H2,2,3). The molecule has 0 fully saturated rings. The van der Waals surface area contributed by atoms with Crippen molar-refractivity contribution in [2.75, 3.05) is 5.32 Å². The zero-order valence-electron chi connectivity index (χ0n) is 18.6. The van der Waals surface area contributed by atoms with Crippen LogP contribution in [-0.4, -0.2) is 25.8 Å². The monoisotopic (exact) mass is 468 g/mol. The van der Waals surface area contributed by atoms with Gasteiger partial charge in [-0.25, -0.2) is 13.2 Å². The Kier molecular flexibility index (Phi) is 9.56. The van der Waals surface area contributed by atoms with Gasteiger partial charge >= 0.3 is 6.03 Å². The predicted octanol–water partition coefficient (Wildman–Crippen LogP) is 3.46. The highest BCUT2D eigenvalue weighted by Crippen LogP contribution is 2.28. The first-order valence-electron chi connectivity index (χ1n) is 10.4. The Morgan fingerprint density at radius 2 is 1.73 bits per heavy atom. The minimum Gasteiger partial charge on any atom is -0.372 e. The molecule has 174 valence electrons. The fourth-order valence-electron chi connectivity index (χ4n) is 3.30. The minimum atomic E-state index is -3.64. The number of carbonyl (C=O) groups is 2. The summed E-state index contributed by atoms with van der Waals surface area (Å²) in [6.07, 6.45) is 5.03. The molecule has 0 radical (unpaired) electrons. The summed E-state index contributed by atoms with van der Waals surface area (Å²) in [7, 11) is -3.64. The fourth-order valence-corrected chi connectivity index (χ4v) is 4.91. The molecule has 0 aliphatic carbocycles. The number of nitrogens with one attached hydrogen (secondary N) is 2. The number of aromatic nitrogens is 1. The van der Waals surface area contributed by atoms with Gasteiger partial charge in [0, 0.05) is 24.6 Å². The Morgan fingerprint density at radius 1 is 1.03 bits per heavy atom. The maximum Gasteiger partial charge on any atom is 0.319 e. The summed E-state index contributed by atoms with van der Waals surface area (Å²) in [5.74, 6) is 0. The molecule has 0 aliphatic heterocycles. The van der Waals surface area contributed by atoms with Gasteiger partial charge in [0.2, 0.25) is 16.2 Å². The number of anilines is 1. The van der Waals surface area contributed by atoms with Crippen LogP contribution < -0.4 is 16.4 Å². The Hall–Kier alpha value is -3.72. The van der Waals surface area contributed by atoms with Crippen molar-refractivity contribution in [2.24, 2.45) is 5.73 Å². The highest BCUT2D eigenvalue weighted by atomic mass is 32.2. The van der Waals surface area contributed by atoms with Gasteiger partial charge < -0.3 is 16.4 Å². The van der Waals surface area contributed by atoms with Gasteiger partial charge in [0.15, 0.2) is 0 Å².